The Morgan fingerprint density at radius 3 is 2.67 bits per heavy atom. The van der Waals surface area contributed by atoms with Crippen LogP contribution in [0.4, 0.5) is 0 Å². The normalized spacial score (nSPS) is 12.6. The number of nitrogens with one attached hydrogen (secondary N) is 1. The van der Waals surface area contributed by atoms with Gasteiger partial charge in [0.1, 0.15) is 0 Å². The highest BCUT2D eigenvalue weighted by Gasteiger charge is 2.07. The van der Waals surface area contributed by atoms with E-state index in [1.807, 2.05) is 17.5 Å². The lowest BCUT2D eigenvalue weighted by atomic mass is 10.1. The smallest absolute Gasteiger partial charge is 0.0894 e. The maximum Gasteiger partial charge on any atom is 0.0894 e. The summed E-state index contributed by atoms with van der Waals surface area (Å²) in [5, 5.41) is 15.3. The van der Waals surface area contributed by atoms with E-state index in [2.05, 4.69) is 36.5 Å². The molecule has 2 N–H and O–H groups in total. The summed E-state index contributed by atoms with van der Waals surface area (Å²) in [7, 11) is 0. The van der Waals surface area contributed by atoms with Gasteiger partial charge in [-0.25, -0.2) is 0 Å². The van der Waals surface area contributed by atoms with Crippen LogP contribution in [-0.4, -0.2) is 11.7 Å². The van der Waals surface area contributed by atoms with Crippen molar-refractivity contribution >= 4 is 11.3 Å². The van der Waals surface area contributed by atoms with Gasteiger partial charge >= 0.3 is 0 Å². The highest BCUT2D eigenvalue weighted by Crippen LogP contribution is 2.20. The molecule has 0 saturated carbocycles. The molecule has 3 heteroatoms. The molecule has 96 valence electrons. The molecule has 0 bridgehead atoms. The van der Waals surface area contributed by atoms with Gasteiger partial charge in [0.25, 0.3) is 0 Å². The van der Waals surface area contributed by atoms with Crippen LogP contribution in [0.3, 0.4) is 0 Å². The van der Waals surface area contributed by atoms with Crippen molar-refractivity contribution < 1.29 is 5.11 Å². The summed E-state index contributed by atoms with van der Waals surface area (Å²) in [4.78, 5) is 1.05. The number of rotatable bonds is 6. The van der Waals surface area contributed by atoms with Crippen LogP contribution >= 0.6 is 11.3 Å². The fraction of sp³-hybridized carbons (Fsp3) is 0.333. The second-order valence-corrected chi connectivity index (χ2v) is 5.46. The molecule has 0 radical (unpaired) electrons. The van der Waals surface area contributed by atoms with E-state index in [4.69, 9.17) is 0 Å². The van der Waals surface area contributed by atoms with Crippen LogP contribution in [0.5, 0.6) is 0 Å². The average Bonchev–Trinajstić information content (AvgIpc) is 2.90. The number of hydrogen-bond acceptors (Lipinski definition) is 3. The summed E-state index contributed by atoms with van der Waals surface area (Å²) < 4.78 is 0. The molecule has 18 heavy (non-hydrogen) atoms. The van der Waals surface area contributed by atoms with Gasteiger partial charge in [0.15, 0.2) is 0 Å². The molecule has 2 rings (SSSR count). The summed E-state index contributed by atoms with van der Waals surface area (Å²) in [5.74, 6) is 0. The Labute approximate surface area is 112 Å². The molecule has 0 aliphatic heterocycles. The fourth-order valence-corrected chi connectivity index (χ4v) is 2.55. The summed E-state index contributed by atoms with van der Waals surface area (Å²) in [6, 6.07) is 12.5. The van der Waals surface area contributed by atoms with Crippen molar-refractivity contribution in [3.63, 3.8) is 0 Å². The molecule has 0 saturated heterocycles. The van der Waals surface area contributed by atoms with Gasteiger partial charge in [0, 0.05) is 11.4 Å². The highest BCUT2D eigenvalue weighted by atomic mass is 32.1. The maximum absolute atomic E-state index is 9.91. The summed E-state index contributed by atoms with van der Waals surface area (Å²) in [5.41, 5.74) is 2.57. The van der Waals surface area contributed by atoms with Gasteiger partial charge in [-0.15, -0.1) is 11.3 Å². The van der Waals surface area contributed by atoms with E-state index in [0.29, 0.717) is 0 Å². The van der Waals surface area contributed by atoms with E-state index in [1.54, 1.807) is 11.3 Å². The minimum Gasteiger partial charge on any atom is -0.388 e. The first-order valence-electron chi connectivity index (χ1n) is 6.23. The van der Waals surface area contributed by atoms with Crippen molar-refractivity contribution in [1.29, 1.82) is 0 Å². The Bertz CT molecular complexity index is 450. The van der Waals surface area contributed by atoms with Crippen LogP contribution in [0.2, 0.25) is 0 Å². The SMILES string of the molecule is Cc1ccc(CNCCC(O)c2cccs2)cc1. The first kappa shape index (κ1) is 13.3. The first-order chi connectivity index (χ1) is 8.75. The molecule has 1 unspecified atom stereocenters. The van der Waals surface area contributed by atoms with E-state index < -0.39 is 0 Å². The molecular formula is C15H19NOS. The van der Waals surface area contributed by atoms with Gasteiger partial charge in [-0.1, -0.05) is 35.9 Å². The maximum atomic E-state index is 9.91. The standard InChI is InChI=1S/C15H19NOS/c1-12-4-6-13(7-5-12)11-16-9-8-14(17)15-3-2-10-18-15/h2-7,10,14,16-17H,8-9,11H2,1H3. The molecule has 0 aliphatic rings. The topological polar surface area (TPSA) is 32.3 Å². The van der Waals surface area contributed by atoms with Crippen LogP contribution in [0.1, 0.15) is 28.5 Å². The van der Waals surface area contributed by atoms with Crippen LogP contribution in [-0.2, 0) is 6.54 Å². The van der Waals surface area contributed by atoms with E-state index in [0.717, 1.165) is 24.4 Å². The molecule has 0 amide bonds. The Hall–Kier alpha value is -1.16. The third kappa shape index (κ3) is 3.95. The first-order valence-corrected chi connectivity index (χ1v) is 7.11. The van der Waals surface area contributed by atoms with Crippen LogP contribution in [0, 0.1) is 6.92 Å². The number of aliphatic hydroxyl groups is 1. The summed E-state index contributed by atoms with van der Waals surface area (Å²) >= 11 is 1.61. The molecule has 0 fully saturated rings. The van der Waals surface area contributed by atoms with Gasteiger partial charge in [0.2, 0.25) is 0 Å². The molecule has 1 atom stereocenters. The third-order valence-electron chi connectivity index (χ3n) is 2.92. The van der Waals surface area contributed by atoms with E-state index in [9.17, 15) is 5.11 Å². The lowest BCUT2D eigenvalue weighted by Crippen LogP contribution is -2.16. The van der Waals surface area contributed by atoms with Crippen molar-refractivity contribution in [2.24, 2.45) is 0 Å². The second kappa shape index (κ2) is 6.69. The molecule has 0 aliphatic carbocycles. The fourth-order valence-electron chi connectivity index (χ4n) is 1.80. The molecular weight excluding hydrogens is 242 g/mol. The van der Waals surface area contributed by atoms with Gasteiger partial charge in [-0.05, 0) is 36.9 Å². The average molecular weight is 261 g/mol. The molecule has 1 heterocycles. The van der Waals surface area contributed by atoms with Crippen molar-refractivity contribution in [1.82, 2.24) is 5.32 Å². The molecule has 1 aromatic carbocycles. The van der Waals surface area contributed by atoms with Crippen molar-refractivity contribution in [3.8, 4) is 0 Å². The quantitative estimate of drug-likeness (QED) is 0.782. The molecule has 2 aromatic rings. The minimum atomic E-state index is -0.337. The predicted molar refractivity (Wildman–Crippen MR) is 76.8 cm³/mol. The Kier molecular flexibility index (Phi) is 4.93. The van der Waals surface area contributed by atoms with Crippen LogP contribution < -0.4 is 5.32 Å². The third-order valence-corrected chi connectivity index (χ3v) is 3.89. The zero-order valence-electron chi connectivity index (χ0n) is 10.6. The molecule has 1 aromatic heterocycles. The summed E-state index contributed by atoms with van der Waals surface area (Å²) in [6.45, 7) is 3.78. The monoisotopic (exact) mass is 261 g/mol. The minimum absolute atomic E-state index is 0.337. The van der Waals surface area contributed by atoms with Crippen molar-refractivity contribution in [2.45, 2.75) is 26.0 Å². The summed E-state index contributed by atoms with van der Waals surface area (Å²) in [6.07, 6.45) is 0.419. The lowest BCUT2D eigenvalue weighted by molar-refractivity contribution is 0.170. The zero-order valence-corrected chi connectivity index (χ0v) is 11.4. The van der Waals surface area contributed by atoms with Crippen LogP contribution in [0.25, 0.3) is 0 Å². The number of aryl methyl sites for hydroxylation is 1. The Morgan fingerprint density at radius 1 is 1.22 bits per heavy atom. The van der Waals surface area contributed by atoms with E-state index in [-0.39, 0.29) is 6.10 Å². The lowest BCUT2D eigenvalue weighted by Gasteiger charge is -2.09. The Morgan fingerprint density at radius 2 is 2.00 bits per heavy atom. The van der Waals surface area contributed by atoms with Crippen molar-refractivity contribution in [3.05, 3.63) is 57.8 Å². The van der Waals surface area contributed by atoms with E-state index >= 15 is 0 Å². The van der Waals surface area contributed by atoms with Gasteiger partial charge < -0.3 is 10.4 Å². The number of hydrogen-bond donors (Lipinski definition) is 2. The number of thiophene rings is 1. The highest BCUT2D eigenvalue weighted by molar-refractivity contribution is 7.10. The Balaban J connectivity index is 1.68. The molecule has 0 spiro atoms. The molecule has 2 nitrogen and oxygen atoms in total. The van der Waals surface area contributed by atoms with Crippen LogP contribution in [0.15, 0.2) is 41.8 Å². The zero-order chi connectivity index (χ0) is 12.8. The predicted octanol–water partition coefficient (Wildman–Crippen LogP) is 3.27. The number of aliphatic hydroxyl groups excluding tert-OH is 1. The van der Waals surface area contributed by atoms with Gasteiger partial charge in [0.05, 0.1) is 6.10 Å². The van der Waals surface area contributed by atoms with E-state index in [1.165, 1.54) is 11.1 Å². The largest absolute Gasteiger partial charge is 0.388 e. The second-order valence-electron chi connectivity index (χ2n) is 4.48. The number of benzene rings is 1. The van der Waals surface area contributed by atoms with Crippen molar-refractivity contribution in [2.75, 3.05) is 6.54 Å². The van der Waals surface area contributed by atoms with Gasteiger partial charge in [-0.3, -0.25) is 0 Å². The van der Waals surface area contributed by atoms with Gasteiger partial charge in [-0.2, -0.15) is 0 Å².